The van der Waals surface area contributed by atoms with E-state index in [1.54, 1.807) is 31.2 Å². The lowest BCUT2D eigenvalue weighted by Crippen LogP contribution is -2.14. The van der Waals surface area contributed by atoms with Crippen molar-refractivity contribution in [1.82, 2.24) is 4.98 Å². The first-order valence-electron chi connectivity index (χ1n) is 8.66. The van der Waals surface area contributed by atoms with Gasteiger partial charge in [0.25, 0.3) is 10.0 Å². The molecule has 0 spiro atoms. The van der Waals surface area contributed by atoms with Gasteiger partial charge in [-0.15, -0.1) is 0 Å². The lowest BCUT2D eigenvalue weighted by atomic mass is 10.1. The number of sulfonamides is 1. The minimum atomic E-state index is -3.94. The van der Waals surface area contributed by atoms with Gasteiger partial charge >= 0.3 is 5.97 Å². The highest BCUT2D eigenvalue weighted by Crippen LogP contribution is 2.26. The quantitative estimate of drug-likeness (QED) is 0.509. The number of carboxylic acid groups (broad SMARTS) is 1. The van der Waals surface area contributed by atoms with Crippen LogP contribution in [0.4, 0.5) is 5.69 Å². The number of hydrogen-bond donors (Lipinski definition) is 2. The number of rotatable bonds is 5. The van der Waals surface area contributed by atoms with Gasteiger partial charge in [-0.05, 0) is 61.0 Å². The number of oxazole rings is 1. The predicted octanol–water partition coefficient (Wildman–Crippen LogP) is 4.30. The van der Waals surface area contributed by atoms with E-state index >= 15 is 0 Å². The van der Waals surface area contributed by atoms with Crippen molar-refractivity contribution in [3.63, 3.8) is 0 Å². The van der Waals surface area contributed by atoms with Gasteiger partial charge in [0.05, 0.1) is 10.5 Å². The fraction of sp³-hybridized carbons (Fsp3) is 0.0476. The molecule has 8 heteroatoms. The fourth-order valence-electron chi connectivity index (χ4n) is 2.89. The molecule has 0 bridgehead atoms. The standard InChI is InChI=1S/C21H16N2O5S/c1-13-6-11-16(12-17(13)21(24)25)29(26,27)23-15-9-7-14(8-10-15)20-22-18-4-2-3-5-19(18)28-20/h2-12,23H,1H3,(H,24,25). The molecule has 7 nitrogen and oxygen atoms in total. The molecular formula is C21H16N2O5S. The Bertz CT molecular complexity index is 1290. The Hall–Kier alpha value is -3.65. The largest absolute Gasteiger partial charge is 0.478 e. The van der Waals surface area contributed by atoms with Crippen LogP contribution in [0.2, 0.25) is 0 Å². The maximum atomic E-state index is 12.6. The van der Waals surface area contributed by atoms with Gasteiger partial charge in [-0.25, -0.2) is 18.2 Å². The van der Waals surface area contributed by atoms with Crippen molar-refractivity contribution >= 4 is 32.8 Å². The van der Waals surface area contributed by atoms with Crippen molar-refractivity contribution in [2.45, 2.75) is 11.8 Å². The van der Waals surface area contributed by atoms with E-state index in [-0.39, 0.29) is 10.5 Å². The number of benzene rings is 3. The molecule has 0 aliphatic heterocycles. The molecule has 0 aliphatic rings. The van der Waals surface area contributed by atoms with Crippen molar-refractivity contribution in [3.05, 3.63) is 77.9 Å². The highest BCUT2D eigenvalue weighted by molar-refractivity contribution is 7.92. The number of aromatic nitrogens is 1. The van der Waals surface area contributed by atoms with Gasteiger partial charge in [0.1, 0.15) is 5.52 Å². The minimum absolute atomic E-state index is 0.0563. The summed E-state index contributed by atoms with van der Waals surface area (Å²) in [6.45, 7) is 1.61. The minimum Gasteiger partial charge on any atom is -0.478 e. The summed E-state index contributed by atoms with van der Waals surface area (Å²) in [7, 11) is -3.94. The molecule has 146 valence electrons. The van der Waals surface area contributed by atoms with Crippen LogP contribution >= 0.6 is 0 Å². The smallest absolute Gasteiger partial charge is 0.335 e. The molecule has 4 aromatic rings. The average molecular weight is 408 g/mol. The molecule has 0 radical (unpaired) electrons. The van der Waals surface area contributed by atoms with E-state index in [1.807, 2.05) is 24.3 Å². The van der Waals surface area contributed by atoms with Gasteiger partial charge in [0, 0.05) is 11.3 Å². The van der Waals surface area contributed by atoms with E-state index in [9.17, 15) is 18.3 Å². The van der Waals surface area contributed by atoms with Crippen LogP contribution in [0, 0.1) is 6.92 Å². The molecule has 2 N–H and O–H groups in total. The summed E-state index contributed by atoms with van der Waals surface area (Å²) >= 11 is 0. The summed E-state index contributed by atoms with van der Waals surface area (Å²) in [5, 5.41) is 9.21. The number of fused-ring (bicyclic) bond motifs is 1. The molecule has 0 saturated carbocycles. The van der Waals surface area contributed by atoms with E-state index in [1.165, 1.54) is 12.1 Å². The number of anilines is 1. The van der Waals surface area contributed by atoms with Crippen LogP contribution in [0.25, 0.3) is 22.6 Å². The Morgan fingerprint density at radius 1 is 1.03 bits per heavy atom. The lowest BCUT2D eigenvalue weighted by Gasteiger charge is -2.10. The van der Waals surface area contributed by atoms with Crippen LogP contribution in [-0.4, -0.2) is 24.5 Å². The Kier molecular flexibility index (Phi) is 4.56. The first kappa shape index (κ1) is 18.7. The number of hydrogen-bond acceptors (Lipinski definition) is 5. The second kappa shape index (κ2) is 7.06. The monoisotopic (exact) mass is 408 g/mol. The van der Waals surface area contributed by atoms with Crippen molar-refractivity contribution in [2.24, 2.45) is 0 Å². The van der Waals surface area contributed by atoms with Gasteiger partial charge in [-0.1, -0.05) is 18.2 Å². The van der Waals surface area contributed by atoms with Crippen molar-refractivity contribution in [3.8, 4) is 11.5 Å². The number of carbonyl (C=O) groups is 1. The highest BCUT2D eigenvalue weighted by atomic mass is 32.2. The van der Waals surface area contributed by atoms with Crippen LogP contribution in [0.5, 0.6) is 0 Å². The molecule has 29 heavy (non-hydrogen) atoms. The molecule has 0 aliphatic carbocycles. The van der Waals surface area contributed by atoms with Crippen molar-refractivity contribution in [2.75, 3.05) is 4.72 Å². The molecular weight excluding hydrogens is 392 g/mol. The molecule has 3 aromatic carbocycles. The highest BCUT2D eigenvalue weighted by Gasteiger charge is 2.18. The number of nitrogens with zero attached hydrogens (tertiary/aromatic N) is 1. The summed E-state index contributed by atoms with van der Waals surface area (Å²) in [6, 6.07) is 17.9. The maximum absolute atomic E-state index is 12.6. The summed E-state index contributed by atoms with van der Waals surface area (Å²) in [5.74, 6) is -0.743. The first-order chi connectivity index (χ1) is 13.8. The maximum Gasteiger partial charge on any atom is 0.335 e. The Balaban J connectivity index is 1.59. The van der Waals surface area contributed by atoms with Crippen LogP contribution < -0.4 is 4.72 Å². The number of para-hydroxylation sites is 2. The van der Waals surface area contributed by atoms with E-state index < -0.39 is 16.0 Å². The van der Waals surface area contributed by atoms with E-state index in [0.29, 0.717) is 28.3 Å². The third-order valence-electron chi connectivity index (χ3n) is 4.43. The van der Waals surface area contributed by atoms with E-state index in [4.69, 9.17) is 4.42 Å². The molecule has 0 saturated heterocycles. The number of nitrogens with one attached hydrogen (secondary N) is 1. The molecule has 0 unspecified atom stereocenters. The zero-order chi connectivity index (χ0) is 20.6. The van der Waals surface area contributed by atoms with E-state index in [2.05, 4.69) is 9.71 Å². The Labute approximate surface area is 166 Å². The molecule has 0 atom stereocenters. The summed E-state index contributed by atoms with van der Waals surface area (Å²) < 4.78 is 33.4. The molecule has 4 rings (SSSR count). The van der Waals surface area contributed by atoms with Crippen LogP contribution in [0.1, 0.15) is 15.9 Å². The fourth-order valence-corrected chi connectivity index (χ4v) is 3.97. The van der Waals surface area contributed by atoms with Crippen LogP contribution in [0.3, 0.4) is 0 Å². The predicted molar refractivity (Wildman–Crippen MR) is 108 cm³/mol. The van der Waals surface area contributed by atoms with Gasteiger partial charge in [0.15, 0.2) is 5.58 Å². The first-order valence-corrected chi connectivity index (χ1v) is 10.1. The molecule has 1 aromatic heterocycles. The zero-order valence-electron chi connectivity index (χ0n) is 15.3. The average Bonchev–Trinajstić information content (AvgIpc) is 3.12. The Morgan fingerprint density at radius 2 is 1.76 bits per heavy atom. The Morgan fingerprint density at radius 3 is 2.45 bits per heavy atom. The van der Waals surface area contributed by atoms with Gasteiger partial charge in [0.2, 0.25) is 5.89 Å². The van der Waals surface area contributed by atoms with Crippen molar-refractivity contribution < 1.29 is 22.7 Å². The lowest BCUT2D eigenvalue weighted by molar-refractivity contribution is 0.0696. The SMILES string of the molecule is Cc1ccc(S(=O)(=O)Nc2ccc(-c3nc4ccccc4o3)cc2)cc1C(=O)O. The second-order valence-electron chi connectivity index (χ2n) is 6.45. The third-order valence-corrected chi connectivity index (χ3v) is 5.81. The van der Waals surface area contributed by atoms with Gasteiger partial charge in [-0.3, -0.25) is 4.72 Å². The van der Waals surface area contributed by atoms with Crippen molar-refractivity contribution in [1.29, 1.82) is 0 Å². The molecule has 0 fully saturated rings. The van der Waals surface area contributed by atoms with Gasteiger partial charge in [-0.2, -0.15) is 0 Å². The van der Waals surface area contributed by atoms with Gasteiger partial charge < -0.3 is 9.52 Å². The number of aromatic carboxylic acids is 1. The molecule has 1 heterocycles. The number of carboxylic acids is 1. The summed E-state index contributed by atoms with van der Waals surface area (Å²) in [6.07, 6.45) is 0. The summed E-state index contributed by atoms with van der Waals surface area (Å²) in [5.41, 5.74) is 2.87. The molecule has 0 amide bonds. The topological polar surface area (TPSA) is 110 Å². The summed E-state index contributed by atoms with van der Waals surface area (Å²) in [4.78, 5) is 15.6. The third kappa shape index (κ3) is 3.70. The second-order valence-corrected chi connectivity index (χ2v) is 8.13. The van der Waals surface area contributed by atoms with Crippen LogP contribution in [-0.2, 0) is 10.0 Å². The van der Waals surface area contributed by atoms with E-state index in [0.717, 1.165) is 11.6 Å². The normalized spacial score (nSPS) is 11.5. The van der Waals surface area contributed by atoms with Crippen LogP contribution in [0.15, 0.2) is 76.0 Å². The zero-order valence-corrected chi connectivity index (χ0v) is 16.1. The number of aryl methyl sites for hydroxylation is 1.